The van der Waals surface area contributed by atoms with Crippen molar-refractivity contribution in [3.05, 3.63) is 93.2 Å². The van der Waals surface area contributed by atoms with Crippen LogP contribution in [0.15, 0.2) is 70.0 Å². The van der Waals surface area contributed by atoms with Gasteiger partial charge in [0.1, 0.15) is 5.58 Å². The maximum atomic E-state index is 14.2. The predicted octanol–water partition coefficient (Wildman–Crippen LogP) is 8.13. The van der Waals surface area contributed by atoms with Gasteiger partial charge in [-0.15, -0.1) is 0 Å². The summed E-state index contributed by atoms with van der Waals surface area (Å²) in [7, 11) is -4.11. The summed E-state index contributed by atoms with van der Waals surface area (Å²) in [5.41, 5.74) is 1.88. The summed E-state index contributed by atoms with van der Waals surface area (Å²) in [4.78, 5) is 27.8. The van der Waals surface area contributed by atoms with Gasteiger partial charge >= 0.3 is 5.97 Å². The van der Waals surface area contributed by atoms with Crippen LogP contribution >= 0.6 is 23.2 Å². The van der Waals surface area contributed by atoms with Crippen LogP contribution in [-0.4, -0.2) is 44.9 Å². The maximum absolute atomic E-state index is 14.2. The molecule has 0 spiro atoms. The van der Waals surface area contributed by atoms with Gasteiger partial charge in [-0.25, -0.2) is 13.2 Å². The Kier molecular flexibility index (Phi) is 10.0. The largest absolute Gasteiger partial charge is 0.460 e. The van der Waals surface area contributed by atoms with Crippen molar-refractivity contribution in [2.24, 2.45) is 5.41 Å². The van der Waals surface area contributed by atoms with Gasteiger partial charge in [0, 0.05) is 35.6 Å². The Morgan fingerprint density at radius 1 is 0.977 bits per heavy atom. The molecule has 1 heterocycles. The molecule has 0 atom stereocenters. The molecule has 44 heavy (non-hydrogen) atoms. The minimum absolute atomic E-state index is 0.0192. The Balaban J connectivity index is 1.78. The number of nitrogens with zero attached hydrogens (tertiary/aromatic N) is 2. The first kappa shape index (κ1) is 33.4. The van der Waals surface area contributed by atoms with Gasteiger partial charge in [0.15, 0.2) is 0 Å². The number of esters is 1. The highest BCUT2D eigenvalue weighted by Crippen LogP contribution is 2.34. The normalized spacial score (nSPS) is 11.9. The number of hydrogen-bond acceptors (Lipinski definition) is 6. The summed E-state index contributed by atoms with van der Waals surface area (Å²) in [5, 5.41) is 1.22. The molecule has 0 saturated heterocycles. The molecular weight excluding hydrogens is 623 g/mol. The highest BCUT2D eigenvalue weighted by atomic mass is 35.5. The van der Waals surface area contributed by atoms with Crippen LogP contribution in [-0.2, 0) is 21.3 Å². The molecule has 3 aromatic carbocycles. The van der Waals surface area contributed by atoms with Crippen LogP contribution in [0, 0.1) is 12.3 Å². The Labute approximate surface area is 268 Å². The molecule has 8 nitrogen and oxygen atoms in total. The average molecular weight is 660 g/mol. The van der Waals surface area contributed by atoms with Crippen molar-refractivity contribution in [3.63, 3.8) is 0 Å². The fourth-order valence-electron chi connectivity index (χ4n) is 5.06. The van der Waals surface area contributed by atoms with Crippen LogP contribution in [0.4, 0.5) is 5.69 Å². The number of amides is 1. The van der Waals surface area contributed by atoms with Crippen LogP contribution in [0.3, 0.4) is 0 Å². The number of furan rings is 1. The third-order valence-electron chi connectivity index (χ3n) is 6.97. The van der Waals surface area contributed by atoms with Gasteiger partial charge in [-0.1, -0.05) is 56.1 Å². The molecule has 0 aliphatic rings. The summed E-state index contributed by atoms with van der Waals surface area (Å²) in [6, 6.07) is 16.3. The van der Waals surface area contributed by atoms with Crippen molar-refractivity contribution in [2.75, 3.05) is 24.0 Å². The lowest BCUT2D eigenvalue weighted by molar-refractivity contribution is 0.0491. The minimum Gasteiger partial charge on any atom is -0.460 e. The quantitative estimate of drug-likeness (QED) is 0.160. The number of sulfonamides is 1. The van der Waals surface area contributed by atoms with Crippen molar-refractivity contribution in [1.29, 1.82) is 0 Å². The number of fused-ring (bicyclic) bond motifs is 1. The lowest BCUT2D eigenvalue weighted by Gasteiger charge is -2.32. The van der Waals surface area contributed by atoms with E-state index in [-0.39, 0.29) is 41.7 Å². The first-order valence-corrected chi connectivity index (χ1v) is 16.4. The summed E-state index contributed by atoms with van der Waals surface area (Å²) in [5.74, 6) is -0.857. The minimum atomic E-state index is -4.11. The van der Waals surface area contributed by atoms with Crippen molar-refractivity contribution in [1.82, 2.24) is 4.90 Å². The molecule has 0 aliphatic carbocycles. The maximum Gasteiger partial charge on any atom is 0.374 e. The van der Waals surface area contributed by atoms with E-state index < -0.39 is 16.0 Å². The molecule has 0 fully saturated rings. The van der Waals surface area contributed by atoms with Gasteiger partial charge in [-0.3, -0.25) is 9.10 Å². The summed E-state index contributed by atoms with van der Waals surface area (Å²) < 4.78 is 40.4. The van der Waals surface area contributed by atoms with Crippen molar-refractivity contribution in [3.8, 4) is 0 Å². The monoisotopic (exact) mass is 658 g/mol. The van der Waals surface area contributed by atoms with E-state index in [4.69, 9.17) is 32.4 Å². The third kappa shape index (κ3) is 7.06. The average Bonchev–Trinajstić information content (AvgIpc) is 3.29. The molecule has 1 amide bonds. The molecule has 0 saturated carbocycles. The zero-order valence-electron chi connectivity index (χ0n) is 25.6. The smallest absolute Gasteiger partial charge is 0.374 e. The van der Waals surface area contributed by atoms with Gasteiger partial charge in [-0.05, 0) is 80.3 Å². The third-order valence-corrected chi connectivity index (χ3v) is 9.42. The Bertz CT molecular complexity index is 1810. The first-order chi connectivity index (χ1) is 20.7. The predicted molar refractivity (Wildman–Crippen MR) is 174 cm³/mol. The Morgan fingerprint density at radius 2 is 1.68 bits per heavy atom. The molecular formula is C33H36Cl2N2O6S. The van der Waals surface area contributed by atoms with E-state index in [1.54, 1.807) is 68.1 Å². The Hall–Kier alpha value is -3.53. The number of carbonyl (C=O) groups excluding carboxylic acids is 2. The van der Waals surface area contributed by atoms with Crippen LogP contribution in [0.1, 0.15) is 66.7 Å². The van der Waals surface area contributed by atoms with Gasteiger partial charge < -0.3 is 14.1 Å². The molecule has 4 rings (SSSR count). The standard InChI is InChI=1S/C33H36Cl2N2O6S/c1-7-37(44(40,41)24-14-16-29-26(18-24)21(3)30(43-29)32(39)42-8-2)28-15-13-23(34)17-22(28)19-36(20-33(4,5)6)31(38)25-11-9-10-12-27(25)35/h9-18H,7-8,19-20H2,1-6H3. The van der Waals surface area contributed by atoms with Crippen LogP contribution in [0.2, 0.25) is 10.0 Å². The molecule has 0 aliphatic heterocycles. The number of ether oxygens (including phenoxy) is 1. The highest BCUT2D eigenvalue weighted by molar-refractivity contribution is 7.92. The topological polar surface area (TPSA) is 97.1 Å². The zero-order chi connectivity index (χ0) is 32.4. The van der Waals surface area contributed by atoms with E-state index >= 15 is 0 Å². The molecule has 0 unspecified atom stereocenters. The summed E-state index contributed by atoms with van der Waals surface area (Å²) >= 11 is 12.8. The van der Waals surface area contributed by atoms with E-state index in [0.717, 1.165) is 0 Å². The van der Waals surface area contributed by atoms with Crippen LogP contribution in [0.25, 0.3) is 11.0 Å². The van der Waals surface area contributed by atoms with E-state index in [9.17, 15) is 18.0 Å². The van der Waals surface area contributed by atoms with Gasteiger partial charge in [0.2, 0.25) is 5.76 Å². The van der Waals surface area contributed by atoms with Crippen molar-refractivity contribution < 1.29 is 27.2 Å². The highest BCUT2D eigenvalue weighted by Gasteiger charge is 2.30. The van der Waals surface area contributed by atoms with E-state index in [0.29, 0.717) is 49.9 Å². The number of rotatable bonds is 10. The van der Waals surface area contributed by atoms with Gasteiger partial charge in [0.25, 0.3) is 15.9 Å². The fraction of sp³-hybridized carbons (Fsp3) is 0.333. The van der Waals surface area contributed by atoms with E-state index in [1.165, 1.54) is 22.5 Å². The molecule has 0 bridgehead atoms. The molecule has 1 aromatic heterocycles. The number of hydrogen-bond donors (Lipinski definition) is 0. The fourth-order valence-corrected chi connectivity index (χ4v) is 7.01. The summed E-state index contributed by atoms with van der Waals surface area (Å²) in [6.07, 6.45) is 0. The van der Waals surface area contributed by atoms with Gasteiger partial charge in [-0.2, -0.15) is 0 Å². The second-order valence-corrected chi connectivity index (χ2v) is 14.3. The number of aryl methyl sites for hydroxylation is 1. The SMILES string of the molecule is CCOC(=O)c1oc2ccc(S(=O)(=O)N(CC)c3ccc(Cl)cc3CN(CC(C)(C)C)C(=O)c3ccccc3Cl)cc2c1C. The number of benzene rings is 3. The van der Waals surface area contributed by atoms with Crippen molar-refractivity contribution in [2.45, 2.75) is 53.0 Å². The second kappa shape index (κ2) is 13.2. The zero-order valence-corrected chi connectivity index (χ0v) is 27.9. The van der Waals surface area contributed by atoms with Crippen LogP contribution < -0.4 is 4.31 Å². The van der Waals surface area contributed by atoms with Crippen molar-refractivity contribution >= 4 is 61.8 Å². The van der Waals surface area contributed by atoms with Gasteiger partial charge in [0.05, 0.1) is 27.8 Å². The van der Waals surface area contributed by atoms with E-state index in [1.807, 2.05) is 20.8 Å². The van der Waals surface area contributed by atoms with Crippen LogP contribution in [0.5, 0.6) is 0 Å². The molecule has 234 valence electrons. The number of carbonyl (C=O) groups is 2. The number of anilines is 1. The first-order valence-electron chi connectivity index (χ1n) is 14.2. The molecule has 0 N–H and O–H groups in total. The molecule has 11 heteroatoms. The lowest BCUT2D eigenvalue weighted by Crippen LogP contribution is -2.38. The molecule has 4 aromatic rings. The Morgan fingerprint density at radius 3 is 2.32 bits per heavy atom. The molecule has 0 radical (unpaired) electrons. The lowest BCUT2D eigenvalue weighted by atomic mass is 9.95. The summed E-state index contributed by atoms with van der Waals surface area (Å²) in [6.45, 7) is 11.9. The second-order valence-electron chi connectivity index (χ2n) is 11.6. The van der Waals surface area contributed by atoms with E-state index in [2.05, 4.69) is 0 Å². The number of halogens is 2.